The average molecular weight is 472 g/mol. The molecule has 0 unspecified atom stereocenters. The second kappa shape index (κ2) is 8.84. The van der Waals surface area contributed by atoms with E-state index in [2.05, 4.69) is 9.71 Å². The quantitative estimate of drug-likeness (QED) is 0.429. The molecular formula is C24H19F3N2O3S. The van der Waals surface area contributed by atoms with Gasteiger partial charge in [-0.15, -0.1) is 0 Å². The van der Waals surface area contributed by atoms with Crippen LogP contribution in [0.4, 0.5) is 13.2 Å². The van der Waals surface area contributed by atoms with Crippen molar-refractivity contribution in [2.24, 2.45) is 0 Å². The third-order valence-electron chi connectivity index (χ3n) is 5.31. The highest BCUT2D eigenvalue weighted by molar-refractivity contribution is 7.89. The van der Waals surface area contributed by atoms with Gasteiger partial charge in [0.1, 0.15) is 0 Å². The Labute approximate surface area is 188 Å². The molecule has 0 saturated carbocycles. The summed E-state index contributed by atoms with van der Waals surface area (Å²) in [6, 6.07) is 22.3. The van der Waals surface area contributed by atoms with Crippen molar-refractivity contribution >= 4 is 20.9 Å². The van der Waals surface area contributed by atoms with Gasteiger partial charge < -0.3 is 4.98 Å². The molecule has 0 spiro atoms. The zero-order valence-electron chi connectivity index (χ0n) is 17.1. The van der Waals surface area contributed by atoms with Crippen LogP contribution in [0.3, 0.4) is 0 Å². The lowest BCUT2D eigenvalue weighted by molar-refractivity contribution is -0.136. The molecule has 0 bridgehead atoms. The van der Waals surface area contributed by atoms with Gasteiger partial charge in [0.15, 0.2) is 0 Å². The van der Waals surface area contributed by atoms with Crippen LogP contribution in [-0.2, 0) is 16.2 Å². The van der Waals surface area contributed by atoms with Crippen LogP contribution in [0.25, 0.3) is 10.9 Å². The number of hydrogen-bond donors (Lipinski definition) is 2. The van der Waals surface area contributed by atoms with Crippen molar-refractivity contribution in [3.63, 3.8) is 0 Å². The Hall–Kier alpha value is -3.43. The maximum Gasteiger partial charge on any atom is 0.417 e. The summed E-state index contributed by atoms with van der Waals surface area (Å²) in [4.78, 5) is 13.6. The topological polar surface area (TPSA) is 79.0 Å². The van der Waals surface area contributed by atoms with Gasteiger partial charge in [0.2, 0.25) is 15.6 Å². The molecule has 0 fully saturated rings. The molecule has 1 heterocycles. The molecule has 0 atom stereocenters. The monoisotopic (exact) mass is 472 g/mol. The summed E-state index contributed by atoms with van der Waals surface area (Å²) in [6.45, 7) is 0.00610. The zero-order valence-corrected chi connectivity index (χ0v) is 18.0. The molecule has 170 valence electrons. The highest BCUT2D eigenvalue weighted by Crippen LogP contribution is 2.34. The van der Waals surface area contributed by atoms with Crippen LogP contribution in [0.5, 0.6) is 0 Å². The number of fused-ring (bicyclic) bond motifs is 1. The molecule has 4 aromatic rings. The Morgan fingerprint density at radius 2 is 1.42 bits per heavy atom. The van der Waals surface area contributed by atoms with E-state index in [9.17, 15) is 26.4 Å². The number of sulfonamides is 1. The Morgan fingerprint density at radius 1 is 0.848 bits per heavy atom. The second-order valence-electron chi connectivity index (χ2n) is 7.48. The first-order chi connectivity index (χ1) is 15.6. The smallest absolute Gasteiger partial charge is 0.322 e. The number of halogens is 3. The maximum absolute atomic E-state index is 13.4. The minimum absolute atomic E-state index is 0.00610. The minimum Gasteiger partial charge on any atom is -0.322 e. The summed E-state index contributed by atoms with van der Waals surface area (Å²) in [7, 11) is -4.14. The van der Waals surface area contributed by atoms with E-state index >= 15 is 0 Å². The van der Waals surface area contributed by atoms with Crippen LogP contribution in [-0.4, -0.2) is 19.9 Å². The lowest BCUT2D eigenvalue weighted by Crippen LogP contribution is -2.29. The van der Waals surface area contributed by atoms with E-state index in [0.29, 0.717) is 6.07 Å². The highest BCUT2D eigenvalue weighted by Gasteiger charge is 2.33. The first kappa shape index (κ1) is 22.8. The van der Waals surface area contributed by atoms with Crippen LogP contribution in [0.15, 0.2) is 94.6 Å². The van der Waals surface area contributed by atoms with Crippen LogP contribution < -0.4 is 10.3 Å². The summed E-state index contributed by atoms with van der Waals surface area (Å²) >= 11 is 0. The number of benzene rings is 3. The van der Waals surface area contributed by atoms with Gasteiger partial charge in [-0.25, -0.2) is 13.1 Å². The number of hydrogen-bond acceptors (Lipinski definition) is 3. The van der Waals surface area contributed by atoms with E-state index in [4.69, 9.17) is 0 Å². The van der Waals surface area contributed by atoms with Crippen LogP contribution in [0.1, 0.15) is 22.6 Å². The molecule has 0 aliphatic rings. The number of nitrogens with one attached hydrogen (secondary N) is 2. The molecule has 3 aromatic carbocycles. The van der Waals surface area contributed by atoms with Crippen molar-refractivity contribution in [1.29, 1.82) is 0 Å². The van der Waals surface area contributed by atoms with Crippen molar-refractivity contribution < 1.29 is 21.6 Å². The van der Waals surface area contributed by atoms with Gasteiger partial charge in [0.25, 0.3) is 0 Å². The zero-order chi connectivity index (χ0) is 23.6. The maximum atomic E-state index is 13.4. The van der Waals surface area contributed by atoms with E-state index in [1.165, 1.54) is 6.07 Å². The normalized spacial score (nSPS) is 12.4. The number of aromatic nitrogens is 1. The first-order valence-corrected chi connectivity index (χ1v) is 11.5. The fourth-order valence-electron chi connectivity index (χ4n) is 3.71. The Balaban J connectivity index is 1.69. The lowest BCUT2D eigenvalue weighted by atomic mass is 9.92. The molecule has 0 radical (unpaired) electrons. The molecule has 4 rings (SSSR count). The van der Waals surface area contributed by atoms with Gasteiger partial charge >= 0.3 is 6.18 Å². The van der Waals surface area contributed by atoms with Gasteiger partial charge in [-0.3, -0.25) is 4.79 Å². The average Bonchev–Trinajstić information content (AvgIpc) is 2.79. The summed E-state index contributed by atoms with van der Waals surface area (Å²) in [6.07, 6.45) is -4.81. The van der Waals surface area contributed by atoms with Gasteiger partial charge in [0.05, 0.1) is 10.5 Å². The molecule has 0 aliphatic carbocycles. The van der Waals surface area contributed by atoms with Crippen molar-refractivity contribution in [3.8, 4) is 0 Å². The predicted molar refractivity (Wildman–Crippen MR) is 119 cm³/mol. The van der Waals surface area contributed by atoms with Crippen LogP contribution in [0.2, 0.25) is 0 Å². The number of rotatable bonds is 6. The minimum atomic E-state index is -4.81. The fraction of sp³-hybridized carbons (Fsp3) is 0.125. The predicted octanol–water partition coefficient (Wildman–Crippen LogP) is 4.66. The summed E-state index contributed by atoms with van der Waals surface area (Å²) in [5, 5.41) is -0.396. The molecule has 0 saturated heterocycles. The van der Waals surface area contributed by atoms with E-state index in [-0.39, 0.29) is 22.9 Å². The van der Waals surface area contributed by atoms with Crippen LogP contribution >= 0.6 is 0 Å². The first-order valence-electron chi connectivity index (χ1n) is 9.99. The molecule has 9 heteroatoms. The van der Waals surface area contributed by atoms with Gasteiger partial charge in [-0.2, -0.15) is 13.2 Å². The van der Waals surface area contributed by atoms with E-state index < -0.39 is 32.7 Å². The summed E-state index contributed by atoms with van der Waals surface area (Å²) in [5.41, 5.74) is -0.425. The van der Waals surface area contributed by atoms with E-state index in [1.54, 1.807) is 0 Å². The van der Waals surface area contributed by atoms with Crippen molar-refractivity contribution in [3.05, 3.63) is 112 Å². The molecule has 5 nitrogen and oxygen atoms in total. The molecular weight excluding hydrogens is 453 g/mol. The highest BCUT2D eigenvalue weighted by atomic mass is 32.2. The largest absolute Gasteiger partial charge is 0.417 e. The van der Waals surface area contributed by atoms with Crippen molar-refractivity contribution in [2.75, 3.05) is 6.54 Å². The molecule has 2 N–H and O–H groups in total. The molecule has 1 aromatic heterocycles. The van der Waals surface area contributed by atoms with Gasteiger partial charge in [-0.05, 0) is 29.3 Å². The summed E-state index contributed by atoms with van der Waals surface area (Å²) < 4.78 is 68.9. The summed E-state index contributed by atoms with van der Waals surface area (Å²) in [5.74, 6) is -0.301. The molecule has 0 aliphatic heterocycles. The Morgan fingerprint density at radius 3 is 1.97 bits per heavy atom. The third-order valence-corrected chi connectivity index (χ3v) is 6.73. The third kappa shape index (κ3) is 4.99. The van der Waals surface area contributed by atoms with Crippen molar-refractivity contribution in [1.82, 2.24) is 9.71 Å². The van der Waals surface area contributed by atoms with Gasteiger partial charge in [-0.1, -0.05) is 60.7 Å². The van der Waals surface area contributed by atoms with E-state index in [1.807, 2.05) is 60.7 Å². The number of pyridine rings is 1. The number of aromatic amines is 1. The standard InChI is InChI=1S/C24H19F3N2O3S/c25-24(26,27)21-14-23(30)29-22-12-11-18(13-19(21)22)33(31,32)28-15-20(16-7-3-1-4-8-16)17-9-5-2-6-10-17/h1-14,20,28H,15H2,(H,29,30). The number of H-pyrrole nitrogens is 1. The Kier molecular flexibility index (Phi) is 6.09. The van der Waals surface area contributed by atoms with Crippen molar-refractivity contribution in [2.45, 2.75) is 17.0 Å². The fourth-order valence-corrected chi connectivity index (χ4v) is 4.78. The molecule has 33 heavy (non-hydrogen) atoms. The molecule has 0 amide bonds. The van der Waals surface area contributed by atoms with E-state index in [0.717, 1.165) is 23.3 Å². The van der Waals surface area contributed by atoms with Gasteiger partial charge in [0, 0.05) is 29.4 Å². The van der Waals surface area contributed by atoms with Crippen LogP contribution in [0, 0.1) is 0 Å². The SMILES string of the molecule is O=c1cc(C(F)(F)F)c2cc(S(=O)(=O)NCC(c3ccccc3)c3ccccc3)ccc2[nH]1. The number of alkyl halides is 3. The Bertz CT molecular complexity index is 1400. The lowest BCUT2D eigenvalue weighted by Gasteiger charge is -2.19. The second-order valence-corrected chi connectivity index (χ2v) is 9.25.